The molecular formula is C16H17N3O5S2. The number of benzene rings is 1. The Kier molecular flexibility index (Phi) is 5.35. The molecule has 1 atom stereocenters. The summed E-state index contributed by atoms with van der Waals surface area (Å²) in [7, 11) is -3.74. The first-order valence-corrected chi connectivity index (χ1v) is 10.2. The molecule has 1 unspecified atom stereocenters. The first-order chi connectivity index (χ1) is 12.4. The van der Waals surface area contributed by atoms with Gasteiger partial charge in [-0.3, -0.25) is 4.79 Å². The molecule has 8 nitrogen and oxygen atoms in total. The van der Waals surface area contributed by atoms with Crippen LogP contribution in [0.1, 0.15) is 28.3 Å². The van der Waals surface area contributed by atoms with Crippen LogP contribution in [0.5, 0.6) is 0 Å². The summed E-state index contributed by atoms with van der Waals surface area (Å²) in [5.41, 5.74) is -0.0756. The second-order valence-electron chi connectivity index (χ2n) is 5.74. The molecule has 2 N–H and O–H groups in total. The van der Waals surface area contributed by atoms with Crippen LogP contribution in [0.3, 0.4) is 0 Å². The highest BCUT2D eigenvalue weighted by molar-refractivity contribution is 7.89. The zero-order chi connectivity index (χ0) is 18.7. The highest BCUT2D eigenvalue weighted by Gasteiger charge is 2.39. The molecular weight excluding hydrogens is 378 g/mol. The normalized spacial score (nSPS) is 17.9. The minimum absolute atomic E-state index is 0.0620. The van der Waals surface area contributed by atoms with E-state index >= 15 is 0 Å². The van der Waals surface area contributed by atoms with Crippen LogP contribution in [-0.4, -0.2) is 47.3 Å². The predicted octanol–water partition coefficient (Wildman–Crippen LogP) is 1.31. The van der Waals surface area contributed by atoms with Gasteiger partial charge in [-0.15, -0.1) is 11.3 Å². The summed E-state index contributed by atoms with van der Waals surface area (Å²) in [6.45, 7) is 0.349. The fourth-order valence-corrected chi connectivity index (χ4v) is 5.17. The number of hydrogen-bond donors (Lipinski definition) is 2. The highest BCUT2D eigenvalue weighted by Crippen LogP contribution is 2.26. The molecule has 1 aliphatic rings. The molecule has 0 spiro atoms. The number of nitrogens with zero attached hydrogens (tertiary/aromatic N) is 2. The van der Waals surface area contributed by atoms with Gasteiger partial charge in [0.05, 0.1) is 11.4 Å². The summed E-state index contributed by atoms with van der Waals surface area (Å²) in [5, 5.41) is 13.4. The molecule has 1 fully saturated rings. The van der Waals surface area contributed by atoms with Gasteiger partial charge in [0.2, 0.25) is 15.9 Å². The molecule has 10 heteroatoms. The van der Waals surface area contributed by atoms with Crippen molar-refractivity contribution in [3.8, 4) is 0 Å². The van der Waals surface area contributed by atoms with Crippen molar-refractivity contribution in [1.29, 1.82) is 0 Å². The molecule has 138 valence electrons. The van der Waals surface area contributed by atoms with Gasteiger partial charge in [-0.05, 0) is 25.0 Å². The molecule has 0 radical (unpaired) electrons. The van der Waals surface area contributed by atoms with Gasteiger partial charge >= 0.3 is 5.97 Å². The molecule has 3 rings (SSSR count). The van der Waals surface area contributed by atoms with Crippen LogP contribution in [-0.2, 0) is 21.4 Å². The highest BCUT2D eigenvalue weighted by atomic mass is 32.2. The molecule has 0 bridgehead atoms. The van der Waals surface area contributed by atoms with Crippen LogP contribution >= 0.6 is 11.3 Å². The minimum atomic E-state index is -3.74. The molecule has 0 aliphatic carbocycles. The van der Waals surface area contributed by atoms with Crippen LogP contribution < -0.4 is 5.32 Å². The summed E-state index contributed by atoms with van der Waals surface area (Å²) in [4.78, 5) is 27.4. The van der Waals surface area contributed by atoms with E-state index in [4.69, 9.17) is 5.11 Å². The zero-order valence-corrected chi connectivity index (χ0v) is 15.3. The quantitative estimate of drug-likeness (QED) is 0.762. The van der Waals surface area contributed by atoms with Crippen molar-refractivity contribution in [3.63, 3.8) is 0 Å². The lowest BCUT2D eigenvalue weighted by Gasteiger charge is -2.23. The fraction of sp³-hybridized carbons (Fsp3) is 0.312. The lowest BCUT2D eigenvalue weighted by Crippen LogP contribution is -2.45. The molecule has 0 saturated carbocycles. The molecule has 1 amide bonds. The lowest BCUT2D eigenvalue weighted by atomic mass is 10.2. The van der Waals surface area contributed by atoms with Crippen molar-refractivity contribution < 1.29 is 23.1 Å². The topological polar surface area (TPSA) is 117 Å². The monoisotopic (exact) mass is 395 g/mol. The molecule has 2 heterocycles. The lowest BCUT2D eigenvalue weighted by molar-refractivity contribution is -0.124. The number of aromatic carboxylic acids is 1. The molecule has 1 aliphatic heterocycles. The van der Waals surface area contributed by atoms with Crippen LogP contribution in [0, 0.1) is 0 Å². The molecule has 1 aromatic carbocycles. The minimum Gasteiger partial charge on any atom is -0.476 e. The van der Waals surface area contributed by atoms with E-state index in [1.54, 1.807) is 18.2 Å². The predicted molar refractivity (Wildman–Crippen MR) is 94.3 cm³/mol. The summed E-state index contributed by atoms with van der Waals surface area (Å²) < 4.78 is 26.8. The van der Waals surface area contributed by atoms with Crippen LogP contribution in [0.4, 0.5) is 0 Å². The van der Waals surface area contributed by atoms with Gasteiger partial charge in [0.15, 0.2) is 5.69 Å². The maximum Gasteiger partial charge on any atom is 0.355 e. The Morgan fingerprint density at radius 1 is 1.31 bits per heavy atom. The number of amides is 1. The van der Waals surface area contributed by atoms with Gasteiger partial charge < -0.3 is 10.4 Å². The van der Waals surface area contributed by atoms with E-state index in [1.807, 2.05) is 0 Å². The van der Waals surface area contributed by atoms with E-state index in [0.29, 0.717) is 17.8 Å². The first kappa shape index (κ1) is 18.5. The molecule has 1 aromatic heterocycles. The van der Waals surface area contributed by atoms with Crippen LogP contribution in [0.15, 0.2) is 40.6 Å². The Morgan fingerprint density at radius 2 is 2.04 bits per heavy atom. The summed E-state index contributed by atoms with van der Waals surface area (Å²) >= 11 is 1.13. The van der Waals surface area contributed by atoms with E-state index in [9.17, 15) is 18.0 Å². The van der Waals surface area contributed by atoms with E-state index < -0.39 is 27.9 Å². The van der Waals surface area contributed by atoms with Crippen molar-refractivity contribution >= 4 is 33.2 Å². The summed E-state index contributed by atoms with van der Waals surface area (Å²) in [5.74, 6) is -1.54. The van der Waals surface area contributed by atoms with Crippen LogP contribution in [0.2, 0.25) is 0 Å². The first-order valence-electron chi connectivity index (χ1n) is 7.92. The number of carboxylic acids is 1. The maximum atomic E-state index is 12.8. The van der Waals surface area contributed by atoms with E-state index in [0.717, 1.165) is 11.3 Å². The number of rotatable bonds is 6. The largest absolute Gasteiger partial charge is 0.476 e. The number of carbonyl (C=O) groups is 2. The number of carboxylic acid groups (broad SMARTS) is 1. The van der Waals surface area contributed by atoms with Gasteiger partial charge in [0.1, 0.15) is 11.0 Å². The van der Waals surface area contributed by atoms with E-state index in [-0.39, 0.29) is 23.7 Å². The van der Waals surface area contributed by atoms with Crippen molar-refractivity contribution in [1.82, 2.24) is 14.6 Å². The third kappa shape index (κ3) is 3.76. The SMILES string of the molecule is O=C(O)c1csc(CNC(=O)C2CCCN2S(=O)(=O)c2ccccc2)n1. The average molecular weight is 395 g/mol. The van der Waals surface area contributed by atoms with Crippen molar-refractivity contribution in [2.45, 2.75) is 30.3 Å². The van der Waals surface area contributed by atoms with E-state index in [2.05, 4.69) is 10.3 Å². The fourth-order valence-electron chi connectivity index (χ4n) is 2.79. The number of hydrogen-bond acceptors (Lipinski definition) is 6. The maximum absolute atomic E-state index is 12.8. The Labute approximate surface area is 154 Å². The molecule has 2 aromatic rings. The zero-order valence-electron chi connectivity index (χ0n) is 13.7. The Hall–Kier alpha value is -2.30. The van der Waals surface area contributed by atoms with Gasteiger partial charge in [0, 0.05) is 11.9 Å². The van der Waals surface area contributed by atoms with Gasteiger partial charge in [-0.1, -0.05) is 18.2 Å². The number of sulfonamides is 1. The number of thiazole rings is 1. The number of nitrogens with one attached hydrogen (secondary N) is 1. The van der Waals surface area contributed by atoms with Crippen molar-refractivity contribution in [2.75, 3.05) is 6.54 Å². The summed E-state index contributed by atoms with van der Waals surface area (Å²) in [6.07, 6.45) is 1.04. The Balaban J connectivity index is 1.69. The van der Waals surface area contributed by atoms with Gasteiger partial charge in [-0.25, -0.2) is 18.2 Å². The van der Waals surface area contributed by atoms with Gasteiger partial charge in [-0.2, -0.15) is 4.31 Å². The number of carbonyl (C=O) groups excluding carboxylic acids is 1. The smallest absolute Gasteiger partial charge is 0.355 e. The second-order valence-corrected chi connectivity index (χ2v) is 8.57. The van der Waals surface area contributed by atoms with E-state index in [1.165, 1.54) is 21.8 Å². The standard InChI is InChI=1S/C16H17N3O5S2/c20-15(17-9-14-18-12(10-25-14)16(21)22)13-7-4-8-19(13)26(23,24)11-5-2-1-3-6-11/h1-3,5-6,10,13H,4,7-9H2,(H,17,20)(H,21,22). The molecule has 26 heavy (non-hydrogen) atoms. The molecule has 1 saturated heterocycles. The third-order valence-electron chi connectivity index (χ3n) is 4.04. The Bertz CT molecular complexity index is 911. The van der Waals surface area contributed by atoms with Crippen molar-refractivity contribution in [3.05, 3.63) is 46.4 Å². The number of aromatic nitrogens is 1. The Morgan fingerprint density at radius 3 is 2.69 bits per heavy atom. The summed E-state index contributed by atoms with van der Waals surface area (Å²) in [6, 6.07) is 7.24. The average Bonchev–Trinajstić information content (AvgIpc) is 3.30. The van der Waals surface area contributed by atoms with Crippen molar-refractivity contribution in [2.24, 2.45) is 0 Å². The van der Waals surface area contributed by atoms with Crippen LogP contribution in [0.25, 0.3) is 0 Å². The second kappa shape index (κ2) is 7.52. The third-order valence-corrected chi connectivity index (χ3v) is 6.81. The van der Waals surface area contributed by atoms with Gasteiger partial charge in [0.25, 0.3) is 0 Å².